The maximum absolute atomic E-state index is 6.00. The summed E-state index contributed by atoms with van der Waals surface area (Å²) in [5, 5.41) is 0. The van der Waals surface area contributed by atoms with Crippen LogP contribution in [-0.4, -0.2) is 55.1 Å². The molecule has 1 saturated heterocycles. The van der Waals surface area contributed by atoms with E-state index in [1.807, 2.05) is 0 Å². The van der Waals surface area contributed by atoms with Gasteiger partial charge in [0.05, 0.1) is 0 Å². The zero-order valence-electron chi connectivity index (χ0n) is 10.7. The van der Waals surface area contributed by atoms with E-state index in [9.17, 15) is 0 Å². The van der Waals surface area contributed by atoms with E-state index in [0.717, 1.165) is 12.6 Å². The molecule has 0 aromatic rings. The zero-order valence-corrected chi connectivity index (χ0v) is 10.7. The third kappa shape index (κ3) is 3.44. The number of nitrogens with zero attached hydrogens (tertiary/aromatic N) is 2. The molecule has 3 heteroatoms. The van der Waals surface area contributed by atoms with Crippen LogP contribution in [0.3, 0.4) is 0 Å². The van der Waals surface area contributed by atoms with Crippen molar-refractivity contribution in [3.63, 3.8) is 0 Å². The fraction of sp³-hybridized carbons (Fsp3) is 1.00. The predicted molar refractivity (Wildman–Crippen MR) is 68.5 cm³/mol. The minimum Gasteiger partial charge on any atom is -0.327 e. The van der Waals surface area contributed by atoms with E-state index in [1.54, 1.807) is 0 Å². The number of likely N-dealkylation sites (tertiary alicyclic amines) is 1. The lowest BCUT2D eigenvalue weighted by atomic mass is 10.1. The van der Waals surface area contributed by atoms with Gasteiger partial charge in [0.15, 0.2) is 0 Å². The van der Waals surface area contributed by atoms with Crippen LogP contribution in [0.15, 0.2) is 0 Å². The smallest absolute Gasteiger partial charge is 0.0168 e. The Morgan fingerprint density at radius 1 is 1.19 bits per heavy atom. The molecule has 94 valence electrons. The lowest BCUT2D eigenvalue weighted by Crippen LogP contribution is -2.46. The van der Waals surface area contributed by atoms with Crippen molar-refractivity contribution in [3.05, 3.63) is 0 Å². The van der Waals surface area contributed by atoms with Crippen molar-refractivity contribution in [2.24, 2.45) is 5.73 Å². The molecule has 1 aliphatic heterocycles. The first-order valence-corrected chi connectivity index (χ1v) is 6.94. The van der Waals surface area contributed by atoms with E-state index in [-0.39, 0.29) is 0 Å². The Labute approximate surface area is 100.0 Å². The third-order valence-electron chi connectivity index (χ3n) is 4.26. The molecule has 0 aromatic heterocycles. The molecular formula is C13H27N3. The van der Waals surface area contributed by atoms with Crippen molar-refractivity contribution >= 4 is 0 Å². The first-order valence-electron chi connectivity index (χ1n) is 6.94. The normalized spacial score (nSPS) is 29.1. The first-order chi connectivity index (χ1) is 7.75. The van der Waals surface area contributed by atoms with Crippen LogP contribution in [0.25, 0.3) is 0 Å². The highest BCUT2D eigenvalue weighted by Crippen LogP contribution is 2.22. The molecule has 1 atom stereocenters. The zero-order chi connectivity index (χ0) is 11.4. The van der Waals surface area contributed by atoms with Gasteiger partial charge in [0.1, 0.15) is 0 Å². The van der Waals surface area contributed by atoms with Crippen LogP contribution in [-0.2, 0) is 0 Å². The average molecular weight is 225 g/mol. The number of hydrogen-bond acceptors (Lipinski definition) is 3. The standard InChI is InChI=1S/C13H27N3/c1-15(13-6-2-3-7-13)9-10-16-8-4-5-12(14)11-16/h12-13H,2-11,14H2,1H3. The van der Waals surface area contributed by atoms with E-state index < -0.39 is 0 Å². The molecule has 0 aromatic carbocycles. The van der Waals surface area contributed by atoms with Crippen LogP contribution in [0, 0.1) is 0 Å². The summed E-state index contributed by atoms with van der Waals surface area (Å²) in [6.07, 6.45) is 8.20. The number of rotatable bonds is 4. The Bertz CT molecular complexity index is 199. The Hall–Kier alpha value is -0.120. The summed E-state index contributed by atoms with van der Waals surface area (Å²) in [5.74, 6) is 0. The van der Waals surface area contributed by atoms with E-state index in [0.29, 0.717) is 6.04 Å². The van der Waals surface area contributed by atoms with Gasteiger partial charge in [-0.3, -0.25) is 0 Å². The molecule has 0 amide bonds. The van der Waals surface area contributed by atoms with Gasteiger partial charge in [0, 0.05) is 31.7 Å². The van der Waals surface area contributed by atoms with E-state index >= 15 is 0 Å². The van der Waals surface area contributed by atoms with Crippen molar-refractivity contribution in [2.45, 2.75) is 50.6 Å². The summed E-state index contributed by atoms with van der Waals surface area (Å²) in [5.41, 5.74) is 6.00. The summed E-state index contributed by atoms with van der Waals surface area (Å²) in [6.45, 7) is 4.79. The molecule has 0 bridgehead atoms. The van der Waals surface area contributed by atoms with Crippen LogP contribution >= 0.6 is 0 Å². The summed E-state index contributed by atoms with van der Waals surface area (Å²) in [4.78, 5) is 5.10. The van der Waals surface area contributed by atoms with E-state index in [2.05, 4.69) is 16.8 Å². The van der Waals surface area contributed by atoms with E-state index in [1.165, 1.54) is 58.2 Å². The molecule has 1 heterocycles. The summed E-state index contributed by atoms with van der Waals surface area (Å²) < 4.78 is 0. The lowest BCUT2D eigenvalue weighted by Gasteiger charge is -2.33. The van der Waals surface area contributed by atoms with Crippen molar-refractivity contribution in [1.29, 1.82) is 0 Å². The third-order valence-corrected chi connectivity index (χ3v) is 4.26. The highest BCUT2D eigenvalue weighted by molar-refractivity contribution is 4.78. The molecule has 16 heavy (non-hydrogen) atoms. The largest absolute Gasteiger partial charge is 0.327 e. The van der Waals surface area contributed by atoms with Gasteiger partial charge >= 0.3 is 0 Å². The van der Waals surface area contributed by atoms with Crippen molar-refractivity contribution in [1.82, 2.24) is 9.80 Å². The highest BCUT2D eigenvalue weighted by Gasteiger charge is 2.21. The maximum Gasteiger partial charge on any atom is 0.0168 e. The first kappa shape index (κ1) is 12.3. The summed E-state index contributed by atoms with van der Waals surface area (Å²) in [6, 6.07) is 1.28. The molecule has 2 aliphatic rings. The topological polar surface area (TPSA) is 32.5 Å². The van der Waals surface area contributed by atoms with Gasteiger partial charge in [-0.25, -0.2) is 0 Å². The highest BCUT2D eigenvalue weighted by atomic mass is 15.2. The summed E-state index contributed by atoms with van der Waals surface area (Å²) in [7, 11) is 2.29. The quantitative estimate of drug-likeness (QED) is 0.782. The van der Waals surface area contributed by atoms with Gasteiger partial charge in [-0.1, -0.05) is 12.8 Å². The molecule has 2 N–H and O–H groups in total. The van der Waals surface area contributed by atoms with Crippen LogP contribution in [0.1, 0.15) is 38.5 Å². The number of nitrogens with two attached hydrogens (primary N) is 1. The fourth-order valence-electron chi connectivity index (χ4n) is 3.12. The van der Waals surface area contributed by atoms with Crippen LogP contribution in [0.5, 0.6) is 0 Å². The van der Waals surface area contributed by atoms with Gasteiger partial charge in [-0.15, -0.1) is 0 Å². The van der Waals surface area contributed by atoms with E-state index in [4.69, 9.17) is 5.73 Å². The molecule has 0 spiro atoms. The monoisotopic (exact) mass is 225 g/mol. The molecule has 1 aliphatic carbocycles. The summed E-state index contributed by atoms with van der Waals surface area (Å²) >= 11 is 0. The Morgan fingerprint density at radius 2 is 1.94 bits per heavy atom. The molecular weight excluding hydrogens is 198 g/mol. The number of piperidine rings is 1. The van der Waals surface area contributed by atoms with Gasteiger partial charge in [-0.05, 0) is 39.3 Å². The van der Waals surface area contributed by atoms with Crippen molar-refractivity contribution < 1.29 is 0 Å². The Balaban J connectivity index is 1.65. The van der Waals surface area contributed by atoms with Crippen LogP contribution < -0.4 is 5.73 Å². The minimum atomic E-state index is 0.422. The predicted octanol–water partition coefficient (Wildman–Crippen LogP) is 1.28. The number of hydrogen-bond donors (Lipinski definition) is 1. The van der Waals surface area contributed by atoms with Gasteiger partial charge in [-0.2, -0.15) is 0 Å². The fourth-order valence-corrected chi connectivity index (χ4v) is 3.12. The van der Waals surface area contributed by atoms with Gasteiger partial charge < -0.3 is 15.5 Å². The maximum atomic E-state index is 6.00. The van der Waals surface area contributed by atoms with Gasteiger partial charge in [0.2, 0.25) is 0 Å². The second-order valence-corrected chi connectivity index (χ2v) is 5.62. The van der Waals surface area contributed by atoms with Crippen LogP contribution in [0.2, 0.25) is 0 Å². The van der Waals surface area contributed by atoms with Crippen molar-refractivity contribution in [3.8, 4) is 0 Å². The SMILES string of the molecule is CN(CCN1CCCC(N)C1)C1CCCC1. The van der Waals surface area contributed by atoms with Crippen LogP contribution in [0.4, 0.5) is 0 Å². The molecule has 2 rings (SSSR count). The molecule has 1 saturated carbocycles. The average Bonchev–Trinajstić information content (AvgIpc) is 2.79. The minimum absolute atomic E-state index is 0.422. The second kappa shape index (κ2) is 5.99. The Kier molecular flexibility index (Phi) is 4.62. The molecule has 1 unspecified atom stereocenters. The second-order valence-electron chi connectivity index (χ2n) is 5.62. The lowest BCUT2D eigenvalue weighted by molar-refractivity contribution is 0.162. The van der Waals surface area contributed by atoms with Gasteiger partial charge in [0.25, 0.3) is 0 Å². The molecule has 3 nitrogen and oxygen atoms in total. The number of likely N-dealkylation sites (N-methyl/N-ethyl adjacent to an activating group) is 1. The van der Waals surface area contributed by atoms with Crippen molar-refractivity contribution in [2.75, 3.05) is 33.2 Å². The Morgan fingerprint density at radius 3 is 2.62 bits per heavy atom. The molecule has 2 fully saturated rings. The molecule has 0 radical (unpaired) electrons.